The lowest BCUT2D eigenvalue weighted by Crippen LogP contribution is -1.95. The monoisotopic (exact) mass is 324 g/mol. The first-order valence-electron chi connectivity index (χ1n) is 6.30. The highest BCUT2D eigenvalue weighted by atomic mass is 79.9. The highest BCUT2D eigenvalue weighted by molar-refractivity contribution is 9.09. The van der Waals surface area contributed by atoms with Crippen molar-refractivity contribution in [2.75, 3.05) is 0 Å². The van der Waals surface area contributed by atoms with Gasteiger partial charge in [0, 0.05) is 4.83 Å². The van der Waals surface area contributed by atoms with Crippen LogP contribution in [0, 0.1) is 11.6 Å². The molecule has 0 nitrogen and oxygen atoms in total. The zero-order valence-corrected chi connectivity index (χ0v) is 12.0. The lowest BCUT2D eigenvalue weighted by atomic mass is 10.0. The molecule has 0 fully saturated rings. The van der Waals surface area contributed by atoms with E-state index in [0.29, 0.717) is 12.0 Å². The van der Waals surface area contributed by atoms with E-state index in [9.17, 15) is 8.78 Å². The summed E-state index contributed by atoms with van der Waals surface area (Å²) in [6, 6.07) is 13.7. The van der Waals surface area contributed by atoms with E-state index in [-0.39, 0.29) is 16.5 Å². The van der Waals surface area contributed by atoms with Gasteiger partial charge in [-0.15, -0.1) is 0 Å². The van der Waals surface area contributed by atoms with Crippen molar-refractivity contribution in [3.8, 4) is 0 Å². The molecule has 1 atom stereocenters. The summed E-state index contributed by atoms with van der Waals surface area (Å²) in [6.45, 7) is 0. The van der Waals surface area contributed by atoms with Crippen molar-refractivity contribution in [1.82, 2.24) is 0 Å². The fourth-order valence-electron chi connectivity index (χ4n) is 2.04. The zero-order valence-electron chi connectivity index (χ0n) is 10.5. The molecule has 2 rings (SSSR count). The van der Waals surface area contributed by atoms with E-state index in [1.54, 1.807) is 0 Å². The van der Waals surface area contributed by atoms with Crippen LogP contribution in [0.25, 0.3) is 0 Å². The fraction of sp³-hybridized carbons (Fsp3) is 0.250. The minimum Gasteiger partial charge on any atom is -0.207 e. The summed E-state index contributed by atoms with van der Waals surface area (Å²) in [5.41, 5.74) is 1.66. The largest absolute Gasteiger partial charge is 0.207 e. The molecule has 100 valence electrons. The van der Waals surface area contributed by atoms with Crippen LogP contribution in [0.5, 0.6) is 0 Å². The Balaban J connectivity index is 1.88. The predicted molar refractivity (Wildman–Crippen MR) is 77.4 cm³/mol. The number of alkyl halides is 1. The van der Waals surface area contributed by atoms with E-state index in [2.05, 4.69) is 28.1 Å². The molecule has 0 aliphatic heterocycles. The third-order valence-corrected chi connectivity index (χ3v) is 4.06. The molecule has 0 aromatic heterocycles. The molecule has 2 aromatic rings. The number of benzene rings is 2. The van der Waals surface area contributed by atoms with Crippen molar-refractivity contribution in [3.05, 3.63) is 71.3 Å². The fourth-order valence-corrected chi connectivity index (χ4v) is 2.66. The molecule has 0 saturated carbocycles. The Morgan fingerprint density at radius 2 is 1.74 bits per heavy atom. The van der Waals surface area contributed by atoms with Gasteiger partial charge in [-0.05, 0) is 48.6 Å². The standard InChI is InChI=1S/C16H15BrF2/c17-15(12-5-2-1-3-6-12)8-4-7-13-11-14(18)9-10-16(13)19/h1-3,5-6,9-11,15H,4,7-8H2. The molecule has 3 heteroatoms. The second kappa shape index (κ2) is 6.80. The maximum absolute atomic E-state index is 13.4. The van der Waals surface area contributed by atoms with Crippen LogP contribution in [0.1, 0.15) is 28.8 Å². The average molecular weight is 325 g/mol. The number of hydrogen-bond acceptors (Lipinski definition) is 0. The van der Waals surface area contributed by atoms with Crippen LogP contribution in [0.15, 0.2) is 48.5 Å². The molecule has 1 unspecified atom stereocenters. The molecule has 0 spiro atoms. The molecular weight excluding hydrogens is 310 g/mol. The van der Waals surface area contributed by atoms with E-state index < -0.39 is 0 Å². The van der Waals surface area contributed by atoms with Gasteiger partial charge >= 0.3 is 0 Å². The number of aryl methyl sites for hydroxylation is 1. The highest BCUT2D eigenvalue weighted by Crippen LogP contribution is 2.28. The van der Waals surface area contributed by atoms with Gasteiger partial charge in [0.25, 0.3) is 0 Å². The molecule has 0 aliphatic rings. The van der Waals surface area contributed by atoms with Gasteiger partial charge < -0.3 is 0 Å². The van der Waals surface area contributed by atoms with Crippen LogP contribution in [0.4, 0.5) is 8.78 Å². The lowest BCUT2D eigenvalue weighted by molar-refractivity contribution is 0.578. The summed E-state index contributed by atoms with van der Waals surface area (Å²) in [5.74, 6) is -0.706. The van der Waals surface area contributed by atoms with Gasteiger partial charge in [0.05, 0.1) is 0 Å². The van der Waals surface area contributed by atoms with Gasteiger partial charge in [-0.2, -0.15) is 0 Å². The topological polar surface area (TPSA) is 0 Å². The van der Waals surface area contributed by atoms with Crippen molar-refractivity contribution in [2.24, 2.45) is 0 Å². The second-order valence-corrected chi connectivity index (χ2v) is 5.61. The average Bonchev–Trinajstić information content (AvgIpc) is 2.43. The van der Waals surface area contributed by atoms with Crippen LogP contribution in [0.2, 0.25) is 0 Å². The van der Waals surface area contributed by atoms with Gasteiger partial charge in [0.2, 0.25) is 0 Å². The van der Waals surface area contributed by atoms with Gasteiger partial charge in [-0.3, -0.25) is 0 Å². The van der Waals surface area contributed by atoms with Crippen LogP contribution in [-0.2, 0) is 6.42 Å². The zero-order chi connectivity index (χ0) is 13.7. The van der Waals surface area contributed by atoms with Crippen molar-refractivity contribution >= 4 is 15.9 Å². The molecule has 0 heterocycles. The molecule has 0 aliphatic carbocycles. The Bertz CT molecular complexity index is 526. The summed E-state index contributed by atoms with van der Waals surface area (Å²) in [5, 5.41) is 0. The van der Waals surface area contributed by atoms with Crippen LogP contribution in [-0.4, -0.2) is 0 Å². The third kappa shape index (κ3) is 4.13. The third-order valence-electron chi connectivity index (χ3n) is 3.07. The molecule has 0 bridgehead atoms. The maximum atomic E-state index is 13.4. The van der Waals surface area contributed by atoms with Gasteiger partial charge in [-0.25, -0.2) is 8.78 Å². The molecular formula is C16H15BrF2. The van der Waals surface area contributed by atoms with E-state index in [0.717, 1.165) is 18.9 Å². The van der Waals surface area contributed by atoms with Gasteiger partial charge in [-0.1, -0.05) is 46.3 Å². The Morgan fingerprint density at radius 1 is 1.00 bits per heavy atom. The number of rotatable bonds is 5. The summed E-state index contributed by atoms with van der Waals surface area (Å²) < 4.78 is 26.5. The van der Waals surface area contributed by atoms with Crippen molar-refractivity contribution < 1.29 is 8.78 Å². The normalized spacial score (nSPS) is 12.4. The summed E-state index contributed by atoms with van der Waals surface area (Å²) >= 11 is 3.62. The van der Waals surface area contributed by atoms with E-state index in [1.165, 1.54) is 17.7 Å². The van der Waals surface area contributed by atoms with E-state index in [4.69, 9.17) is 0 Å². The highest BCUT2D eigenvalue weighted by Gasteiger charge is 2.08. The second-order valence-electron chi connectivity index (χ2n) is 4.51. The minimum atomic E-state index is -0.380. The smallest absolute Gasteiger partial charge is 0.126 e. The summed E-state index contributed by atoms with van der Waals surface area (Å²) in [6.07, 6.45) is 2.25. The van der Waals surface area contributed by atoms with Crippen molar-refractivity contribution in [1.29, 1.82) is 0 Å². The van der Waals surface area contributed by atoms with Crippen LogP contribution < -0.4 is 0 Å². The summed E-state index contributed by atoms with van der Waals surface area (Å²) in [7, 11) is 0. The van der Waals surface area contributed by atoms with Gasteiger partial charge in [0.15, 0.2) is 0 Å². The SMILES string of the molecule is Fc1ccc(F)c(CCCC(Br)c2ccccc2)c1. The Labute approximate surface area is 120 Å². The van der Waals surface area contributed by atoms with Crippen molar-refractivity contribution in [2.45, 2.75) is 24.1 Å². The van der Waals surface area contributed by atoms with Crippen LogP contribution >= 0.6 is 15.9 Å². The quantitative estimate of drug-likeness (QED) is 0.644. The molecule has 0 radical (unpaired) electrons. The Kier molecular flexibility index (Phi) is 5.08. The number of halogens is 3. The van der Waals surface area contributed by atoms with Gasteiger partial charge in [0.1, 0.15) is 11.6 Å². The number of hydrogen-bond donors (Lipinski definition) is 0. The lowest BCUT2D eigenvalue weighted by Gasteiger charge is -2.10. The summed E-state index contributed by atoms with van der Waals surface area (Å²) in [4.78, 5) is 0.255. The molecule has 0 amide bonds. The molecule has 2 aromatic carbocycles. The Hall–Kier alpha value is -1.22. The van der Waals surface area contributed by atoms with Crippen LogP contribution in [0.3, 0.4) is 0 Å². The minimum absolute atomic E-state index is 0.255. The van der Waals surface area contributed by atoms with Crippen molar-refractivity contribution in [3.63, 3.8) is 0 Å². The Morgan fingerprint density at radius 3 is 2.47 bits per heavy atom. The van der Waals surface area contributed by atoms with E-state index >= 15 is 0 Å². The first-order valence-corrected chi connectivity index (χ1v) is 7.21. The predicted octanol–water partition coefficient (Wildman–Crippen LogP) is 5.42. The molecule has 0 N–H and O–H groups in total. The first kappa shape index (κ1) is 14.2. The maximum Gasteiger partial charge on any atom is 0.126 e. The molecule has 0 saturated heterocycles. The molecule has 19 heavy (non-hydrogen) atoms. The first-order chi connectivity index (χ1) is 9.16. The van der Waals surface area contributed by atoms with E-state index in [1.807, 2.05) is 18.2 Å².